The zero-order valence-electron chi connectivity index (χ0n) is 8.59. The zero-order valence-corrected chi connectivity index (χ0v) is 8.59. The van der Waals surface area contributed by atoms with Crippen LogP contribution in [0.3, 0.4) is 0 Å². The van der Waals surface area contributed by atoms with Gasteiger partial charge in [-0.05, 0) is 37.2 Å². The molecule has 1 saturated heterocycles. The number of likely N-dealkylation sites (tertiary alicyclic amines) is 1. The summed E-state index contributed by atoms with van der Waals surface area (Å²) in [5.41, 5.74) is 0.755. The molecule has 82 valence electrons. The lowest BCUT2D eigenvalue weighted by molar-refractivity contribution is 0.172. The molecule has 1 fully saturated rings. The van der Waals surface area contributed by atoms with Crippen molar-refractivity contribution < 1.29 is 13.5 Å². The van der Waals surface area contributed by atoms with Crippen LogP contribution in [0.4, 0.5) is 8.78 Å². The summed E-state index contributed by atoms with van der Waals surface area (Å²) in [6, 6.07) is 2.78. The summed E-state index contributed by atoms with van der Waals surface area (Å²) in [4.78, 5) is 2.17. The van der Waals surface area contributed by atoms with Crippen LogP contribution in [0.15, 0.2) is 12.1 Å². The van der Waals surface area contributed by atoms with Crippen LogP contribution in [0.25, 0.3) is 0 Å². The first-order valence-electron chi connectivity index (χ1n) is 4.95. The molecule has 0 bridgehead atoms. The zero-order chi connectivity index (χ0) is 10.8. The van der Waals surface area contributed by atoms with Gasteiger partial charge in [0.15, 0.2) is 11.6 Å². The molecule has 0 amide bonds. The van der Waals surface area contributed by atoms with Crippen LogP contribution in [-0.2, 0) is 6.54 Å². The van der Waals surface area contributed by atoms with E-state index in [1.165, 1.54) is 19.6 Å². The Hall–Kier alpha value is -1.16. The third-order valence-electron chi connectivity index (χ3n) is 2.63. The third-order valence-corrected chi connectivity index (χ3v) is 2.63. The van der Waals surface area contributed by atoms with Crippen LogP contribution in [-0.4, -0.2) is 25.1 Å². The van der Waals surface area contributed by atoms with Crippen LogP contribution in [0, 0.1) is 11.6 Å². The van der Waals surface area contributed by atoms with Crippen LogP contribution in [0.1, 0.15) is 12.0 Å². The molecule has 2 rings (SSSR count). The molecule has 15 heavy (non-hydrogen) atoms. The fraction of sp³-hybridized carbons (Fsp3) is 0.455. The van der Waals surface area contributed by atoms with Crippen molar-refractivity contribution >= 4 is 0 Å². The van der Waals surface area contributed by atoms with Gasteiger partial charge < -0.3 is 4.74 Å². The van der Waals surface area contributed by atoms with E-state index >= 15 is 0 Å². The van der Waals surface area contributed by atoms with E-state index in [0.29, 0.717) is 6.54 Å². The van der Waals surface area contributed by atoms with E-state index in [1.807, 2.05) is 0 Å². The lowest BCUT2D eigenvalue weighted by atomic mass is 10.1. The molecule has 0 aromatic heterocycles. The number of rotatable bonds is 3. The van der Waals surface area contributed by atoms with Crippen molar-refractivity contribution in [3.05, 3.63) is 29.3 Å². The van der Waals surface area contributed by atoms with Gasteiger partial charge in [-0.15, -0.1) is 0 Å². The second-order valence-corrected chi connectivity index (χ2v) is 3.72. The number of methoxy groups -OCH3 is 1. The Morgan fingerprint density at radius 1 is 1.33 bits per heavy atom. The lowest BCUT2D eigenvalue weighted by Gasteiger charge is -2.30. The maximum Gasteiger partial charge on any atom is 0.200 e. The Labute approximate surface area is 87.5 Å². The SMILES string of the molecule is COc1cc(CN2CCC2)cc(F)c1F. The van der Waals surface area contributed by atoms with E-state index < -0.39 is 11.6 Å². The van der Waals surface area contributed by atoms with Crippen LogP contribution in [0.5, 0.6) is 5.75 Å². The number of benzene rings is 1. The second kappa shape index (κ2) is 4.14. The van der Waals surface area contributed by atoms with Crippen molar-refractivity contribution in [3.8, 4) is 5.75 Å². The number of hydrogen-bond acceptors (Lipinski definition) is 2. The minimum Gasteiger partial charge on any atom is -0.494 e. The molecule has 0 aliphatic carbocycles. The highest BCUT2D eigenvalue weighted by molar-refractivity contribution is 5.31. The van der Waals surface area contributed by atoms with Gasteiger partial charge in [0, 0.05) is 6.54 Å². The average Bonchev–Trinajstić information content (AvgIpc) is 2.16. The van der Waals surface area contributed by atoms with Gasteiger partial charge in [0.25, 0.3) is 0 Å². The minimum absolute atomic E-state index is 0.0227. The predicted molar refractivity (Wildman–Crippen MR) is 52.8 cm³/mol. The van der Waals surface area contributed by atoms with E-state index in [1.54, 1.807) is 6.07 Å². The summed E-state index contributed by atoms with van der Waals surface area (Å²) in [5, 5.41) is 0. The number of hydrogen-bond donors (Lipinski definition) is 0. The minimum atomic E-state index is -0.912. The molecular formula is C11H13F2NO. The molecule has 1 aromatic carbocycles. The molecule has 1 aliphatic heterocycles. The van der Waals surface area contributed by atoms with Crippen molar-refractivity contribution in [2.24, 2.45) is 0 Å². The fourth-order valence-corrected chi connectivity index (χ4v) is 1.66. The summed E-state index contributed by atoms with van der Waals surface area (Å²) in [5.74, 6) is -1.78. The largest absolute Gasteiger partial charge is 0.494 e. The molecule has 1 heterocycles. The van der Waals surface area contributed by atoms with Gasteiger partial charge in [0.1, 0.15) is 0 Å². The first-order chi connectivity index (χ1) is 7.20. The molecule has 0 N–H and O–H groups in total. The van der Waals surface area contributed by atoms with Crippen molar-refractivity contribution in [2.75, 3.05) is 20.2 Å². The maximum atomic E-state index is 13.1. The molecular weight excluding hydrogens is 200 g/mol. The van der Waals surface area contributed by atoms with E-state index in [0.717, 1.165) is 18.7 Å². The standard InChI is InChI=1S/C11H13F2NO/c1-15-10-6-8(5-9(12)11(10)13)7-14-3-2-4-14/h5-6H,2-4,7H2,1H3. The van der Waals surface area contributed by atoms with Crippen molar-refractivity contribution in [1.82, 2.24) is 4.90 Å². The fourth-order valence-electron chi connectivity index (χ4n) is 1.66. The second-order valence-electron chi connectivity index (χ2n) is 3.72. The Balaban J connectivity index is 2.19. The summed E-state index contributed by atoms with van der Waals surface area (Å²) in [6.45, 7) is 2.72. The monoisotopic (exact) mass is 213 g/mol. The van der Waals surface area contributed by atoms with Gasteiger partial charge in [-0.2, -0.15) is 4.39 Å². The Morgan fingerprint density at radius 3 is 2.60 bits per heavy atom. The van der Waals surface area contributed by atoms with E-state index in [2.05, 4.69) is 4.90 Å². The van der Waals surface area contributed by atoms with Gasteiger partial charge in [0.05, 0.1) is 7.11 Å². The maximum absolute atomic E-state index is 13.1. The quantitative estimate of drug-likeness (QED) is 0.763. The first-order valence-corrected chi connectivity index (χ1v) is 4.95. The molecule has 0 saturated carbocycles. The van der Waals surface area contributed by atoms with Gasteiger partial charge in [-0.25, -0.2) is 4.39 Å². The molecule has 0 spiro atoms. The van der Waals surface area contributed by atoms with Crippen molar-refractivity contribution in [1.29, 1.82) is 0 Å². The molecule has 0 radical (unpaired) electrons. The smallest absolute Gasteiger partial charge is 0.200 e. The first kappa shape index (κ1) is 10.4. The number of nitrogens with zero attached hydrogens (tertiary/aromatic N) is 1. The Kier molecular flexibility index (Phi) is 2.86. The highest BCUT2D eigenvalue weighted by Gasteiger charge is 2.16. The summed E-state index contributed by atoms with van der Waals surface area (Å²) in [7, 11) is 1.34. The topological polar surface area (TPSA) is 12.5 Å². The molecule has 4 heteroatoms. The van der Waals surface area contributed by atoms with Crippen LogP contribution in [0.2, 0.25) is 0 Å². The van der Waals surface area contributed by atoms with Crippen LogP contribution < -0.4 is 4.74 Å². The molecule has 0 atom stereocenters. The van der Waals surface area contributed by atoms with Gasteiger partial charge >= 0.3 is 0 Å². The van der Waals surface area contributed by atoms with Gasteiger partial charge in [-0.3, -0.25) is 4.90 Å². The molecule has 0 unspecified atom stereocenters. The lowest BCUT2D eigenvalue weighted by Crippen LogP contribution is -2.36. The molecule has 1 aliphatic rings. The van der Waals surface area contributed by atoms with Crippen molar-refractivity contribution in [2.45, 2.75) is 13.0 Å². The van der Waals surface area contributed by atoms with E-state index in [4.69, 9.17) is 4.74 Å². The average molecular weight is 213 g/mol. The summed E-state index contributed by atoms with van der Waals surface area (Å²) in [6.07, 6.45) is 1.18. The van der Waals surface area contributed by atoms with Crippen molar-refractivity contribution in [3.63, 3.8) is 0 Å². The highest BCUT2D eigenvalue weighted by Crippen LogP contribution is 2.23. The normalized spacial score (nSPS) is 16.2. The van der Waals surface area contributed by atoms with E-state index in [-0.39, 0.29) is 5.75 Å². The Bertz CT molecular complexity index is 364. The Morgan fingerprint density at radius 2 is 2.07 bits per heavy atom. The number of halogens is 2. The summed E-state index contributed by atoms with van der Waals surface area (Å²) >= 11 is 0. The van der Waals surface area contributed by atoms with Gasteiger partial charge in [-0.1, -0.05) is 0 Å². The van der Waals surface area contributed by atoms with Crippen LogP contribution >= 0.6 is 0 Å². The highest BCUT2D eigenvalue weighted by atomic mass is 19.2. The molecule has 1 aromatic rings. The predicted octanol–water partition coefficient (Wildman–Crippen LogP) is 2.18. The molecule has 2 nitrogen and oxygen atoms in total. The summed E-state index contributed by atoms with van der Waals surface area (Å²) < 4.78 is 31.0. The third kappa shape index (κ3) is 2.09. The van der Waals surface area contributed by atoms with E-state index in [9.17, 15) is 8.78 Å². The van der Waals surface area contributed by atoms with Gasteiger partial charge in [0.2, 0.25) is 5.82 Å². The number of ether oxygens (including phenoxy) is 1.